The van der Waals surface area contributed by atoms with Gasteiger partial charge in [-0.1, -0.05) is 0 Å². The Bertz CT molecular complexity index is 892. The first-order valence-electron chi connectivity index (χ1n) is 10.9. The Balaban J connectivity index is 1.82. The van der Waals surface area contributed by atoms with Crippen molar-refractivity contribution in [2.45, 2.75) is 49.8 Å². The maximum absolute atomic E-state index is 14.3. The molecule has 0 spiro atoms. The van der Waals surface area contributed by atoms with Crippen molar-refractivity contribution in [2.24, 2.45) is 5.92 Å². The molecule has 4 rings (SSSR count). The summed E-state index contributed by atoms with van der Waals surface area (Å²) in [6.45, 7) is 0. The van der Waals surface area contributed by atoms with Gasteiger partial charge in [0.05, 0.1) is 40.4 Å². The highest BCUT2D eigenvalue weighted by Crippen LogP contribution is 2.50. The number of benzene rings is 2. The summed E-state index contributed by atoms with van der Waals surface area (Å²) >= 11 is 0. The van der Waals surface area contributed by atoms with Crippen LogP contribution < -0.4 is 9.47 Å². The second-order valence-corrected chi connectivity index (χ2v) is 9.61. The van der Waals surface area contributed by atoms with Gasteiger partial charge in [0.15, 0.2) is 0 Å². The lowest BCUT2D eigenvalue weighted by atomic mass is 9.74. The van der Waals surface area contributed by atoms with Crippen LogP contribution in [-0.4, -0.2) is 50.0 Å². The van der Waals surface area contributed by atoms with E-state index in [-0.39, 0.29) is 5.92 Å². The zero-order valence-electron chi connectivity index (χ0n) is 18.7. The van der Waals surface area contributed by atoms with Crippen LogP contribution in [-0.2, 0) is 5.60 Å². The first kappa shape index (κ1) is 22.0. The van der Waals surface area contributed by atoms with Crippen LogP contribution in [0.3, 0.4) is 0 Å². The number of hydrogen-bond acceptors (Lipinski definition) is 3. The van der Waals surface area contributed by atoms with Gasteiger partial charge in [-0.2, -0.15) is 0 Å². The number of rotatable bonds is 6. The largest absolute Gasteiger partial charge is 0.496 e. The first-order chi connectivity index (χ1) is 14.7. The third-order valence-corrected chi connectivity index (χ3v) is 7.72. The summed E-state index contributed by atoms with van der Waals surface area (Å²) in [5, 5.41) is 12.2. The second kappa shape index (κ2) is 8.06. The van der Waals surface area contributed by atoms with Gasteiger partial charge in [-0.15, -0.1) is 0 Å². The molecule has 6 heteroatoms. The number of quaternary nitrogens is 1. The van der Waals surface area contributed by atoms with Gasteiger partial charge >= 0.3 is 0 Å². The van der Waals surface area contributed by atoms with E-state index >= 15 is 0 Å². The lowest BCUT2D eigenvalue weighted by molar-refractivity contribution is -0.931. The zero-order chi connectivity index (χ0) is 22.4. The van der Waals surface area contributed by atoms with Gasteiger partial charge in [0.1, 0.15) is 28.7 Å². The number of ether oxygens (including phenoxy) is 2. The molecule has 2 aliphatic heterocycles. The standard InChI is InChI=1S/C25H32F2NO3/c1-28(2)19-7-8-20(28)12-16(11-19)15-25(29,21-13-17(26)5-9-23(21)30-3)22-14-18(27)6-10-24(22)31-4/h5-6,9-10,13-14,16,19-20,29H,7-8,11-12,15H2,1-4H3/q+1/t19-,20-/m0/s1. The number of hydrogen-bond donors (Lipinski definition) is 1. The number of halogens is 2. The fraction of sp³-hybridized carbons (Fsp3) is 0.520. The second-order valence-electron chi connectivity index (χ2n) is 9.61. The lowest BCUT2D eigenvalue weighted by Crippen LogP contribution is -2.55. The minimum Gasteiger partial charge on any atom is -0.496 e. The van der Waals surface area contributed by atoms with E-state index in [2.05, 4.69) is 14.1 Å². The molecule has 0 amide bonds. The van der Waals surface area contributed by atoms with E-state index in [0.29, 0.717) is 41.1 Å². The van der Waals surface area contributed by atoms with Crippen molar-refractivity contribution in [3.8, 4) is 11.5 Å². The van der Waals surface area contributed by atoms with Crippen molar-refractivity contribution in [2.75, 3.05) is 28.3 Å². The van der Waals surface area contributed by atoms with Crippen molar-refractivity contribution in [1.82, 2.24) is 0 Å². The molecule has 0 aliphatic carbocycles. The average Bonchev–Trinajstić information content (AvgIpc) is 2.90. The summed E-state index contributed by atoms with van der Waals surface area (Å²) in [6.07, 6.45) is 4.65. The number of nitrogens with zero attached hydrogens (tertiary/aromatic N) is 1. The Morgan fingerprint density at radius 1 is 0.903 bits per heavy atom. The molecule has 1 N–H and O–H groups in total. The molecule has 0 unspecified atom stereocenters. The van der Waals surface area contributed by atoms with Crippen molar-refractivity contribution in [1.29, 1.82) is 0 Å². The van der Waals surface area contributed by atoms with Crippen molar-refractivity contribution >= 4 is 0 Å². The van der Waals surface area contributed by atoms with Gasteiger partial charge in [0, 0.05) is 36.8 Å². The summed E-state index contributed by atoms with van der Waals surface area (Å²) < 4.78 is 40.6. The van der Waals surface area contributed by atoms with Crippen LogP contribution in [0.25, 0.3) is 0 Å². The van der Waals surface area contributed by atoms with Gasteiger partial charge in [-0.05, 0) is 48.7 Å². The Kier molecular flexibility index (Phi) is 5.73. The number of piperidine rings is 1. The van der Waals surface area contributed by atoms with Crippen LogP contribution in [0, 0.1) is 17.6 Å². The maximum atomic E-state index is 14.3. The lowest BCUT2D eigenvalue weighted by Gasteiger charge is -2.46. The van der Waals surface area contributed by atoms with E-state index in [9.17, 15) is 13.9 Å². The van der Waals surface area contributed by atoms with E-state index in [1.165, 1.54) is 63.5 Å². The van der Waals surface area contributed by atoms with Gasteiger partial charge in [0.25, 0.3) is 0 Å². The Labute approximate surface area is 183 Å². The smallest absolute Gasteiger partial charge is 0.125 e. The SMILES string of the molecule is COc1ccc(F)cc1C(O)(CC1C[C@@H]2CC[C@@H](C1)[N+]2(C)C)c1cc(F)ccc1OC. The Morgan fingerprint density at radius 2 is 1.35 bits per heavy atom. The molecule has 2 fully saturated rings. The summed E-state index contributed by atoms with van der Waals surface area (Å²) in [5.74, 6) is -0.0120. The quantitative estimate of drug-likeness (QED) is 0.677. The highest BCUT2D eigenvalue weighted by molar-refractivity contribution is 5.50. The molecule has 0 saturated carbocycles. The number of fused-ring (bicyclic) bond motifs is 2. The fourth-order valence-corrected chi connectivity index (χ4v) is 5.95. The van der Waals surface area contributed by atoms with Crippen LogP contribution in [0.5, 0.6) is 11.5 Å². The normalized spacial score (nSPS) is 24.8. The molecule has 2 heterocycles. The molecule has 2 bridgehead atoms. The summed E-state index contributed by atoms with van der Waals surface area (Å²) in [4.78, 5) is 0. The molecule has 2 saturated heterocycles. The molecule has 0 aromatic heterocycles. The molecule has 2 aromatic rings. The van der Waals surface area contributed by atoms with Crippen LogP contribution >= 0.6 is 0 Å². The first-order valence-corrected chi connectivity index (χ1v) is 10.9. The van der Waals surface area contributed by atoms with E-state index in [1.807, 2.05) is 0 Å². The Morgan fingerprint density at radius 3 is 1.77 bits per heavy atom. The average molecular weight is 433 g/mol. The summed E-state index contributed by atoms with van der Waals surface area (Å²) in [6, 6.07) is 9.27. The molecule has 4 nitrogen and oxygen atoms in total. The van der Waals surface area contributed by atoms with E-state index in [1.54, 1.807) is 0 Å². The molecular formula is C25H32F2NO3+. The third-order valence-electron chi connectivity index (χ3n) is 7.72. The van der Waals surface area contributed by atoms with Crippen LogP contribution in [0.15, 0.2) is 36.4 Å². The van der Waals surface area contributed by atoms with Crippen LogP contribution in [0.4, 0.5) is 8.78 Å². The molecule has 0 radical (unpaired) electrons. The topological polar surface area (TPSA) is 38.7 Å². The summed E-state index contributed by atoms with van der Waals surface area (Å²) in [5.41, 5.74) is -1.06. The monoisotopic (exact) mass is 432 g/mol. The highest BCUT2D eigenvalue weighted by Gasteiger charge is 2.51. The predicted molar refractivity (Wildman–Crippen MR) is 115 cm³/mol. The molecule has 2 aromatic carbocycles. The van der Waals surface area contributed by atoms with Gasteiger partial charge < -0.3 is 19.1 Å². The maximum Gasteiger partial charge on any atom is 0.125 e. The number of aliphatic hydroxyl groups is 1. The third kappa shape index (κ3) is 3.80. The Hall–Kier alpha value is -2.18. The molecule has 31 heavy (non-hydrogen) atoms. The molecule has 2 aliphatic rings. The molecule has 2 atom stereocenters. The highest BCUT2D eigenvalue weighted by atomic mass is 19.1. The molecular weight excluding hydrogens is 400 g/mol. The predicted octanol–water partition coefficient (Wildman–Crippen LogP) is 4.63. The van der Waals surface area contributed by atoms with Gasteiger partial charge in [-0.25, -0.2) is 8.78 Å². The van der Waals surface area contributed by atoms with Gasteiger partial charge in [0.2, 0.25) is 0 Å². The summed E-state index contributed by atoms with van der Waals surface area (Å²) in [7, 11) is 7.55. The van der Waals surface area contributed by atoms with Crippen LogP contribution in [0.2, 0.25) is 0 Å². The van der Waals surface area contributed by atoms with Gasteiger partial charge in [-0.3, -0.25) is 0 Å². The minimum absolute atomic E-state index is 0.217. The molecule has 168 valence electrons. The number of methoxy groups -OCH3 is 2. The van der Waals surface area contributed by atoms with Crippen LogP contribution in [0.1, 0.15) is 43.2 Å². The van der Waals surface area contributed by atoms with E-state index in [4.69, 9.17) is 9.47 Å². The van der Waals surface area contributed by atoms with Crippen molar-refractivity contribution in [3.63, 3.8) is 0 Å². The van der Waals surface area contributed by atoms with Crippen molar-refractivity contribution < 1.29 is 27.8 Å². The minimum atomic E-state index is -1.65. The fourth-order valence-electron chi connectivity index (χ4n) is 5.95. The van der Waals surface area contributed by atoms with Crippen molar-refractivity contribution in [3.05, 3.63) is 59.2 Å². The van der Waals surface area contributed by atoms with E-state index in [0.717, 1.165) is 17.3 Å². The zero-order valence-corrected chi connectivity index (χ0v) is 18.7. The van der Waals surface area contributed by atoms with E-state index < -0.39 is 17.2 Å².